The third-order valence-corrected chi connectivity index (χ3v) is 3.38. The number of esters is 1. The van der Waals surface area contributed by atoms with Gasteiger partial charge in [-0.2, -0.15) is 10.4 Å². The molecule has 1 aliphatic rings. The van der Waals surface area contributed by atoms with E-state index in [0.29, 0.717) is 18.3 Å². The number of carbonyl (C=O) groups excluding carboxylic acids is 1. The number of nitrogens with one attached hydrogen (secondary N) is 1. The Morgan fingerprint density at radius 3 is 2.95 bits per heavy atom. The van der Waals surface area contributed by atoms with Gasteiger partial charge in [0, 0.05) is 6.04 Å². The number of nitrogens with zero attached hydrogens (tertiary/aromatic N) is 3. The van der Waals surface area contributed by atoms with Crippen molar-refractivity contribution in [1.82, 2.24) is 9.78 Å². The molecule has 7 heteroatoms. The average Bonchev–Trinajstić information content (AvgIpc) is 3.19. The Labute approximate surface area is 117 Å². The monoisotopic (exact) mass is 277 g/mol. The van der Waals surface area contributed by atoms with Crippen LogP contribution in [0.5, 0.6) is 0 Å². The van der Waals surface area contributed by atoms with Gasteiger partial charge in [-0.1, -0.05) is 0 Å². The van der Waals surface area contributed by atoms with Gasteiger partial charge in [-0.25, -0.2) is 4.68 Å². The van der Waals surface area contributed by atoms with Gasteiger partial charge in [0.1, 0.15) is 24.0 Å². The largest absolute Gasteiger partial charge is 0.465 e. The minimum Gasteiger partial charge on any atom is -0.465 e. The first-order valence-electron chi connectivity index (χ1n) is 6.75. The van der Waals surface area contributed by atoms with Crippen LogP contribution >= 0.6 is 0 Å². The zero-order valence-electron chi connectivity index (χ0n) is 11.7. The summed E-state index contributed by atoms with van der Waals surface area (Å²) in [6, 6.07) is 2.27. The van der Waals surface area contributed by atoms with E-state index in [1.165, 1.54) is 17.5 Å². The first kappa shape index (κ1) is 14.2. The van der Waals surface area contributed by atoms with Gasteiger partial charge in [0.15, 0.2) is 5.82 Å². The number of aromatic nitrogens is 2. The van der Waals surface area contributed by atoms with Crippen LogP contribution in [0.2, 0.25) is 0 Å². The molecule has 1 heterocycles. The second kappa shape index (κ2) is 5.82. The van der Waals surface area contributed by atoms with Crippen molar-refractivity contribution in [2.75, 3.05) is 17.7 Å². The van der Waals surface area contributed by atoms with Crippen LogP contribution in [0, 0.1) is 17.2 Å². The standard InChI is InChI=1S/C13H19N5O2/c1-3-20-11(19)7-18-12(15)10(6-14)13(17-18)16-8(2)9-4-5-9/h8-9H,3-5,7,15H2,1-2H3,(H,16,17). The average molecular weight is 277 g/mol. The van der Waals surface area contributed by atoms with Crippen molar-refractivity contribution in [2.45, 2.75) is 39.3 Å². The summed E-state index contributed by atoms with van der Waals surface area (Å²) in [6.45, 7) is 4.00. The van der Waals surface area contributed by atoms with Crippen molar-refractivity contribution in [3.05, 3.63) is 5.56 Å². The van der Waals surface area contributed by atoms with Gasteiger partial charge in [0.2, 0.25) is 0 Å². The Hall–Kier alpha value is -2.23. The van der Waals surface area contributed by atoms with Crippen LogP contribution in [0.3, 0.4) is 0 Å². The Bertz CT molecular complexity index is 542. The Morgan fingerprint density at radius 1 is 1.70 bits per heavy atom. The molecule has 0 bridgehead atoms. The molecule has 0 aliphatic heterocycles. The van der Waals surface area contributed by atoms with Crippen LogP contribution in [-0.2, 0) is 16.1 Å². The molecule has 7 nitrogen and oxygen atoms in total. The maximum Gasteiger partial charge on any atom is 0.327 e. The molecule has 1 aliphatic carbocycles. The molecular formula is C13H19N5O2. The molecule has 2 rings (SSSR count). The van der Waals surface area contributed by atoms with E-state index >= 15 is 0 Å². The Morgan fingerprint density at radius 2 is 2.40 bits per heavy atom. The molecule has 1 aromatic heterocycles. The summed E-state index contributed by atoms with van der Waals surface area (Å²) < 4.78 is 6.16. The molecule has 3 N–H and O–H groups in total. The fraction of sp³-hybridized carbons (Fsp3) is 0.615. The number of ether oxygens (including phenoxy) is 1. The highest BCUT2D eigenvalue weighted by atomic mass is 16.5. The van der Waals surface area contributed by atoms with E-state index in [-0.39, 0.29) is 24.0 Å². The fourth-order valence-electron chi connectivity index (χ4n) is 2.07. The SMILES string of the molecule is CCOC(=O)Cn1nc(NC(C)C2CC2)c(C#N)c1N. The number of nitrogen functional groups attached to an aromatic ring is 1. The molecule has 1 atom stereocenters. The molecule has 1 fully saturated rings. The van der Waals surface area contributed by atoms with Gasteiger partial charge in [0.05, 0.1) is 6.61 Å². The molecule has 0 saturated heterocycles. The minimum absolute atomic E-state index is 0.0894. The molecule has 0 aromatic carbocycles. The molecule has 0 spiro atoms. The third-order valence-electron chi connectivity index (χ3n) is 3.38. The van der Waals surface area contributed by atoms with Crippen molar-refractivity contribution in [3.63, 3.8) is 0 Å². The number of nitriles is 1. The van der Waals surface area contributed by atoms with Gasteiger partial charge in [-0.05, 0) is 32.6 Å². The number of anilines is 2. The summed E-state index contributed by atoms with van der Waals surface area (Å²) in [4.78, 5) is 11.5. The van der Waals surface area contributed by atoms with Gasteiger partial charge >= 0.3 is 5.97 Å². The Balaban J connectivity index is 2.15. The molecule has 1 saturated carbocycles. The van der Waals surface area contributed by atoms with Crippen molar-refractivity contribution in [2.24, 2.45) is 5.92 Å². The highest BCUT2D eigenvalue weighted by Crippen LogP contribution is 2.34. The summed E-state index contributed by atoms with van der Waals surface area (Å²) in [6.07, 6.45) is 2.38. The maximum atomic E-state index is 11.5. The fourth-order valence-corrected chi connectivity index (χ4v) is 2.07. The van der Waals surface area contributed by atoms with Crippen LogP contribution in [0.4, 0.5) is 11.6 Å². The predicted molar refractivity (Wildman–Crippen MR) is 73.8 cm³/mol. The van der Waals surface area contributed by atoms with Crippen molar-refractivity contribution >= 4 is 17.6 Å². The first-order chi connectivity index (χ1) is 9.56. The predicted octanol–water partition coefficient (Wildman–Crippen LogP) is 1.11. The smallest absolute Gasteiger partial charge is 0.327 e. The third kappa shape index (κ3) is 3.02. The van der Waals surface area contributed by atoms with E-state index in [2.05, 4.69) is 17.3 Å². The zero-order chi connectivity index (χ0) is 14.7. The van der Waals surface area contributed by atoms with Gasteiger partial charge in [-0.3, -0.25) is 4.79 Å². The van der Waals surface area contributed by atoms with Gasteiger partial charge in [-0.15, -0.1) is 0 Å². The van der Waals surface area contributed by atoms with Crippen molar-refractivity contribution in [3.8, 4) is 6.07 Å². The van der Waals surface area contributed by atoms with Gasteiger partial charge in [0.25, 0.3) is 0 Å². The summed E-state index contributed by atoms with van der Waals surface area (Å²) in [7, 11) is 0. The van der Waals surface area contributed by atoms with Crippen molar-refractivity contribution in [1.29, 1.82) is 5.26 Å². The first-order valence-corrected chi connectivity index (χ1v) is 6.75. The van der Waals surface area contributed by atoms with E-state index < -0.39 is 5.97 Å². The van der Waals surface area contributed by atoms with Crippen LogP contribution < -0.4 is 11.1 Å². The van der Waals surface area contributed by atoms with Crippen molar-refractivity contribution < 1.29 is 9.53 Å². The molecule has 1 unspecified atom stereocenters. The van der Waals surface area contributed by atoms with Gasteiger partial charge < -0.3 is 15.8 Å². The molecule has 0 radical (unpaired) electrons. The zero-order valence-corrected chi connectivity index (χ0v) is 11.7. The van der Waals surface area contributed by atoms with E-state index in [0.717, 1.165) is 0 Å². The van der Waals surface area contributed by atoms with Crippen LogP contribution in [-0.4, -0.2) is 28.4 Å². The number of hydrogen-bond acceptors (Lipinski definition) is 6. The molecule has 108 valence electrons. The molecule has 20 heavy (non-hydrogen) atoms. The van der Waals surface area contributed by atoms with E-state index in [9.17, 15) is 10.1 Å². The summed E-state index contributed by atoms with van der Waals surface area (Å²) in [5.74, 6) is 0.825. The lowest BCUT2D eigenvalue weighted by Gasteiger charge is -2.11. The van der Waals surface area contributed by atoms with Crippen LogP contribution in [0.1, 0.15) is 32.3 Å². The topological polar surface area (TPSA) is 106 Å². The quantitative estimate of drug-likeness (QED) is 0.754. The highest BCUT2D eigenvalue weighted by Gasteiger charge is 2.29. The molecule has 0 amide bonds. The number of carbonyl (C=O) groups is 1. The normalized spacial score (nSPS) is 15.4. The summed E-state index contributed by atoms with van der Waals surface area (Å²) in [5, 5.41) is 16.6. The maximum absolute atomic E-state index is 11.5. The summed E-state index contributed by atoms with van der Waals surface area (Å²) in [5.41, 5.74) is 6.14. The van der Waals surface area contributed by atoms with Crippen LogP contribution in [0.25, 0.3) is 0 Å². The Kier molecular flexibility index (Phi) is 4.13. The lowest BCUT2D eigenvalue weighted by molar-refractivity contribution is -0.143. The van der Waals surface area contributed by atoms with E-state index in [1.807, 2.05) is 6.07 Å². The van der Waals surface area contributed by atoms with E-state index in [4.69, 9.17) is 10.5 Å². The van der Waals surface area contributed by atoms with Crippen LogP contribution in [0.15, 0.2) is 0 Å². The number of hydrogen-bond donors (Lipinski definition) is 2. The number of nitrogens with two attached hydrogens (primary N) is 1. The minimum atomic E-state index is -0.423. The number of rotatable bonds is 6. The molecule has 1 aromatic rings. The summed E-state index contributed by atoms with van der Waals surface area (Å²) >= 11 is 0. The second-order valence-corrected chi connectivity index (χ2v) is 4.95. The lowest BCUT2D eigenvalue weighted by atomic mass is 10.2. The lowest BCUT2D eigenvalue weighted by Crippen LogP contribution is -2.19. The second-order valence-electron chi connectivity index (χ2n) is 4.95. The van der Waals surface area contributed by atoms with E-state index in [1.54, 1.807) is 6.92 Å². The highest BCUT2D eigenvalue weighted by molar-refractivity contribution is 5.71. The molecular weight excluding hydrogens is 258 g/mol.